The molecule has 6 heteroatoms. The van der Waals surface area contributed by atoms with Crippen molar-refractivity contribution in [1.29, 1.82) is 5.26 Å². The van der Waals surface area contributed by atoms with E-state index in [9.17, 15) is 14.4 Å². The molecule has 3 rings (SSSR count). The average molecular weight is 334 g/mol. The third kappa shape index (κ3) is 3.26. The lowest BCUT2D eigenvalue weighted by Crippen LogP contribution is -2.20. The Labute approximate surface area is 144 Å². The maximum Gasteiger partial charge on any atom is 0.338 e. The number of Topliss-reactive ketones (excluding diaryl/α,β-unsaturated/α-hetero) is 1. The fraction of sp³-hybridized carbons (Fsp3) is 0.158. The van der Waals surface area contributed by atoms with Crippen molar-refractivity contribution in [2.75, 3.05) is 18.6 Å². The summed E-state index contributed by atoms with van der Waals surface area (Å²) in [6.45, 7) is -0.405. The van der Waals surface area contributed by atoms with Crippen LogP contribution in [0.2, 0.25) is 0 Å². The van der Waals surface area contributed by atoms with Crippen LogP contribution >= 0.6 is 0 Å². The molecule has 0 N–H and O–H groups in total. The van der Waals surface area contributed by atoms with Gasteiger partial charge >= 0.3 is 5.97 Å². The predicted molar refractivity (Wildman–Crippen MR) is 89.3 cm³/mol. The number of nitriles is 1. The summed E-state index contributed by atoms with van der Waals surface area (Å²) < 4.78 is 5.03. The molecule has 1 heterocycles. The molecule has 0 unspecified atom stereocenters. The summed E-state index contributed by atoms with van der Waals surface area (Å²) in [6, 6.07) is 13.0. The number of rotatable bonds is 4. The predicted octanol–water partition coefficient (Wildman–Crippen LogP) is 2.12. The van der Waals surface area contributed by atoms with Crippen molar-refractivity contribution < 1.29 is 19.1 Å². The molecule has 2 aromatic carbocycles. The first-order valence-electron chi connectivity index (χ1n) is 7.59. The fourth-order valence-electron chi connectivity index (χ4n) is 2.66. The minimum absolute atomic E-state index is 0.0246. The molecule has 0 saturated heterocycles. The summed E-state index contributed by atoms with van der Waals surface area (Å²) in [5, 5.41) is 8.84. The van der Waals surface area contributed by atoms with Gasteiger partial charge in [-0.15, -0.1) is 0 Å². The van der Waals surface area contributed by atoms with Crippen LogP contribution in [0.4, 0.5) is 5.69 Å². The zero-order valence-electron chi connectivity index (χ0n) is 13.5. The molecule has 0 aromatic heterocycles. The lowest BCUT2D eigenvalue weighted by Gasteiger charge is -2.10. The van der Waals surface area contributed by atoms with Gasteiger partial charge in [-0.05, 0) is 42.0 Å². The molecule has 1 amide bonds. The Balaban J connectivity index is 1.67. The number of carbonyl (C=O) groups is 3. The number of benzene rings is 2. The molecule has 0 radical (unpaired) electrons. The molecule has 1 aliphatic rings. The Hall–Kier alpha value is -3.46. The van der Waals surface area contributed by atoms with Crippen LogP contribution in [0.15, 0.2) is 42.5 Å². The first-order chi connectivity index (χ1) is 12.0. The third-order valence-electron chi connectivity index (χ3n) is 4.04. The highest BCUT2D eigenvalue weighted by Gasteiger charge is 2.25. The molecule has 1 aliphatic heterocycles. The van der Waals surface area contributed by atoms with Gasteiger partial charge in [-0.2, -0.15) is 5.26 Å². The fourth-order valence-corrected chi connectivity index (χ4v) is 2.66. The zero-order valence-corrected chi connectivity index (χ0v) is 13.5. The van der Waals surface area contributed by atoms with E-state index in [1.807, 2.05) is 6.07 Å². The minimum Gasteiger partial charge on any atom is -0.454 e. The van der Waals surface area contributed by atoms with Gasteiger partial charge in [0.2, 0.25) is 5.91 Å². The number of amides is 1. The number of hydrogen-bond donors (Lipinski definition) is 0. The molecule has 2 aromatic rings. The largest absolute Gasteiger partial charge is 0.454 e. The van der Waals surface area contributed by atoms with E-state index in [0.717, 1.165) is 11.3 Å². The molecule has 6 nitrogen and oxygen atoms in total. The van der Waals surface area contributed by atoms with Crippen LogP contribution in [-0.4, -0.2) is 31.3 Å². The lowest BCUT2D eigenvalue weighted by molar-refractivity contribution is -0.117. The number of hydrogen-bond acceptors (Lipinski definition) is 5. The Morgan fingerprint density at radius 1 is 1.20 bits per heavy atom. The Kier molecular flexibility index (Phi) is 4.31. The Morgan fingerprint density at radius 2 is 2.00 bits per heavy atom. The molecule has 0 saturated carbocycles. The summed E-state index contributed by atoms with van der Waals surface area (Å²) in [4.78, 5) is 37.5. The molecule has 0 atom stereocenters. The molecule has 0 spiro atoms. The highest BCUT2D eigenvalue weighted by molar-refractivity contribution is 6.04. The van der Waals surface area contributed by atoms with Crippen molar-refractivity contribution in [1.82, 2.24) is 0 Å². The minimum atomic E-state index is -0.665. The third-order valence-corrected chi connectivity index (χ3v) is 4.04. The smallest absolute Gasteiger partial charge is 0.338 e. The number of esters is 1. The van der Waals surface area contributed by atoms with Crippen LogP contribution in [0.1, 0.15) is 31.8 Å². The Morgan fingerprint density at radius 3 is 2.76 bits per heavy atom. The van der Waals surface area contributed by atoms with Gasteiger partial charge in [0.1, 0.15) is 0 Å². The van der Waals surface area contributed by atoms with Crippen molar-refractivity contribution in [3.8, 4) is 6.07 Å². The normalized spacial score (nSPS) is 12.5. The van der Waals surface area contributed by atoms with Gasteiger partial charge in [-0.1, -0.05) is 6.07 Å². The summed E-state index contributed by atoms with van der Waals surface area (Å²) in [5.41, 5.74) is 2.51. The SMILES string of the molecule is CN1C(=O)Cc2cc(C(=O)COC(=O)c3cccc(C#N)c3)ccc21. The van der Waals surface area contributed by atoms with Crippen molar-refractivity contribution in [2.24, 2.45) is 0 Å². The molecule has 0 bridgehead atoms. The van der Waals surface area contributed by atoms with Gasteiger partial charge in [0.25, 0.3) is 0 Å². The first kappa shape index (κ1) is 16.4. The lowest BCUT2D eigenvalue weighted by atomic mass is 10.1. The number of fused-ring (bicyclic) bond motifs is 1. The first-order valence-corrected chi connectivity index (χ1v) is 7.59. The number of likely N-dealkylation sites (N-methyl/N-ethyl adjacent to an activating group) is 1. The van der Waals surface area contributed by atoms with Crippen LogP contribution in [0, 0.1) is 11.3 Å². The van der Waals surface area contributed by atoms with Crippen LogP contribution in [0.25, 0.3) is 0 Å². The zero-order chi connectivity index (χ0) is 18.0. The highest BCUT2D eigenvalue weighted by atomic mass is 16.5. The highest BCUT2D eigenvalue weighted by Crippen LogP contribution is 2.28. The summed E-state index contributed by atoms with van der Waals surface area (Å²) in [7, 11) is 1.69. The number of anilines is 1. The maximum absolute atomic E-state index is 12.2. The van der Waals surface area contributed by atoms with Gasteiger partial charge in [0, 0.05) is 18.3 Å². The van der Waals surface area contributed by atoms with E-state index in [1.165, 1.54) is 12.1 Å². The van der Waals surface area contributed by atoms with E-state index < -0.39 is 12.6 Å². The van der Waals surface area contributed by atoms with Crippen LogP contribution in [-0.2, 0) is 16.0 Å². The van der Waals surface area contributed by atoms with Gasteiger partial charge < -0.3 is 9.64 Å². The van der Waals surface area contributed by atoms with Gasteiger partial charge in [-0.25, -0.2) is 4.79 Å². The van der Waals surface area contributed by atoms with E-state index in [2.05, 4.69) is 0 Å². The van der Waals surface area contributed by atoms with Gasteiger partial charge in [0.05, 0.1) is 23.6 Å². The molecule has 25 heavy (non-hydrogen) atoms. The van der Waals surface area contributed by atoms with Crippen molar-refractivity contribution in [3.05, 3.63) is 64.7 Å². The van der Waals surface area contributed by atoms with E-state index in [0.29, 0.717) is 11.1 Å². The molecule has 0 fully saturated rings. The number of ether oxygens (including phenoxy) is 1. The van der Waals surface area contributed by atoms with Crippen molar-refractivity contribution in [2.45, 2.75) is 6.42 Å². The second kappa shape index (κ2) is 6.57. The summed E-state index contributed by atoms with van der Waals surface area (Å²) >= 11 is 0. The van der Waals surface area contributed by atoms with Crippen LogP contribution in [0.5, 0.6) is 0 Å². The van der Waals surface area contributed by atoms with Crippen LogP contribution < -0.4 is 4.90 Å². The van der Waals surface area contributed by atoms with Gasteiger partial charge in [-0.3, -0.25) is 9.59 Å². The second-order valence-corrected chi connectivity index (χ2v) is 5.66. The molecule has 124 valence electrons. The van der Waals surface area contributed by atoms with E-state index in [-0.39, 0.29) is 23.7 Å². The van der Waals surface area contributed by atoms with E-state index >= 15 is 0 Å². The monoisotopic (exact) mass is 334 g/mol. The Bertz CT molecular complexity index is 927. The van der Waals surface area contributed by atoms with E-state index in [1.54, 1.807) is 42.3 Å². The summed E-state index contributed by atoms with van der Waals surface area (Å²) in [5.74, 6) is -1.04. The second-order valence-electron chi connectivity index (χ2n) is 5.66. The van der Waals surface area contributed by atoms with Crippen LogP contribution in [0.3, 0.4) is 0 Å². The quantitative estimate of drug-likeness (QED) is 0.631. The molecular weight excluding hydrogens is 320 g/mol. The van der Waals surface area contributed by atoms with E-state index in [4.69, 9.17) is 10.00 Å². The number of ketones is 1. The van der Waals surface area contributed by atoms with Crippen molar-refractivity contribution >= 4 is 23.3 Å². The number of nitrogens with zero attached hydrogens (tertiary/aromatic N) is 2. The number of carbonyl (C=O) groups excluding carboxylic acids is 3. The summed E-state index contributed by atoms with van der Waals surface area (Å²) in [6.07, 6.45) is 0.258. The molecular formula is C19H14N2O4. The van der Waals surface area contributed by atoms with Gasteiger partial charge in [0.15, 0.2) is 12.4 Å². The topological polar surface area (TPSA) is 87.5 Å². The standard InChI is InChI=1S/C19H14N2O4/c1-21-16-6-5-13(8-15(16)9-18(21)23)17(22)11-25-19(24)14-4-2-3-12(7-14)10-20/h2-8H,9,11H2,1H3. The maximum atomic E-state index is 12.2. The average Bonchev–Trinajstić information content (AvgIpc) is 2.92. The van der Waals surface area contributed by atoms with Crippen molar-refractivity contribution in [3.63, 3.8) is 0 Å². The molecule has 0 aliphatic carbocycles.